The van der Waals surface area contributed by atoms with E-state index in [0.29, 0.717) is 17.1 Å². The first-order valence-electron chi connectivity index (χ1n) is 8.98. The molecule has 0 saturated heterocycles. The zero-order valence-corrected chi connectivity index (χ0v) is 18.4. The van der Waals surface area contributed by atoms with E-state index in [9.17, 15) is 18.0 Å². The lowest BCUT2D eigenvalue weighted by Gasteiger charge is -2.39. The van der Waals surface area contributed by atoms with Gasteiger partial charge in [-0.05, 0) is 42.3 Å². The second-order valence-electron chi connectivity index (χ2n) is 7.07. The van der Waals surface area contributed by atoms with Crippen molar-refractivity contribution in [3.63, 3.8) is 0 Å². The number of amides is 2. The molecule has 1 N–H and O–H groups in total. The van der Waals surface area contributed by atoms with Gasteiger partial charge in [0.25, 0.3) is 5.91 Å². The molecule has 0 bridgehead atoms. The van der Waals surface area contributed by atoms with Crippen molar-refractivity contribution in [3.8, 4) is 0 Å². The minimum absolute atomic E-state index is 0.0514. The van der Waals surface area contributed by atoms with Crippen molar-refractivity contribution in [3.05, 3.63) is 52.0 Å². The summed E-state index contributed by atoms with van der Waals surface area (Å²) in [7, 11) is -3.48. The smallest absolute Gasteiger partial charge is 0.260 e. The topological polar surface area (TPSA) is 83.6 Å². The molecule has 1 heterocycles. The number of hydrogen-bond acceptors (Lipinski definition) is 4. The van der Waals surface area contributed by atoms with Gasteiger partial charge < -0.3 is 5.32 Å². The Kier molecular flexibility index (Phi) is 5.94. The highest BCUT2D eigenvalue weighted by molar-refractivity contribution is 7.90. The monoisotopic (exact) mass is 454 g/mol. The van der Waals surface area contributed by atoms with Crippen molar-refractivity contribution >= 4 is 56.2 Å². The maximum absolute atomic E-state index is 13.5. The predicted octanol–water partition coefficient (Wildman–Crippen LogP) is 4.41. The maximum Gasteiger partial charge on any atom is 0.260 e. The summed E-state index contributed by atoms with van der Waals surface area (Å²) < 4.78 is 23.8. The number of nitrogens with one attached hydrogen (secondary N) is 1. The van der Waals surface area contributed by atoms with Gasteiger partial charge in [-0.25, -0.2) is 8.42 Å². The Labute approximate surface area is 179 Å². The van der Waals surface area contributed by atoms with E-state index in [0.717, 1.165) is 6.26 Å². The number of hydrogen-bond donors (Lipinski definition) is 1. The molecule has 29 heavy (non-hydrogen) atoms. The molecule has 1 aliphatic heterocycles. The van der Waals surface area contributed by atoms with Crippen LogP contribution in [-0.4, -0.2) is 32.5 Å². The molecule has 0 aliphatic carbocycles. The second-order valence-corrected chi connectivity index (χ2v) is 9.93. The minimum Gasteiger partial charge on any atom is -0.322 e. The van der Waals surface area contributed by atoms with Gasteiger partial charge >= 0.3 is 0 Å². The number of halogens is 2. The molecule has 9 heteroatoms. The minimum atomic E-state index is -3.48. The van der Waals surface area contributed by atoms with Crippen molar-refractivity contribution in [2.24, 2.45) is 5.92 Å². The second kappa shape index (κ2) is 7.97. The first kappa shape index (κ1) is 21.6. The third-order valence-corrected chi connectivity index (χ3v) is 6.68. The number of carbonyl (C=O) groups is 2. The molecular weight excluding hydrogens is 435 g/mol. The van der Waals surface area contributed by atoms with Crippen molar-refractivity contribution in [1.82, 2.24) is 0 Å². The fraction of sp³-hybridized carbons (Fsp3) is 0.300. The Morgan fingerprint density at radius 2 is 1.90 bits per heavy atom. The molecule has 2 aromatic rings. The SMILES string of the molecule is CC[C@@H](C)C1C(=O)Nc2cc(S(C)(=O)=O)ccc2N1C(=O)c1ccc(Cl)cc1Cl. The maximum atomic E-state index is 13.5. The van der Waals surface area contributed by atoms with E-state index in [4.69, 9.17) is 23.2 Å². The van der Waals surface area contributed by atoms with Crippen LogP contribution < -0.4 is 10.2 Å². The lowest BCUT2D eigenvalue weighted by molar-refractivity contribution is -0.118. The number of benzene rings is 2. The van der Waals surface area contributed by atoms with Gasteiger partial charge in [-0.1, -0.05) is 43.5 Å². The Morgan fingerprint density at radius 1 is 1.21 bits per heavy atom. The van der Waals surface area contributed by atoms with Crippen molar-refractivity contribution in [2.75, 3.05) is 16.5 Å². The Morgan fingerprint density at radius 3 is 2.48 bits per heavy atom. The molecule has 0 spiro atoms. The standard InChI is InChI=1S/C20H20Cl2N2O4S/c1-4-11(2)18-19(25)23-16-10-13(29(3,27)28)6-8-17(16)24(18)20(26)14-7-5-12(21)9-15(14)22/h5-11,18H,4H2,1-3H3,(H,23,25)/t11-,18?/m1/s1. The van der Waals surface area contributed by atoms with E-state index in [1.54, 1.807) is 6.07 Å². The fourth-order valence-electron chi connectivity index (χ4n) is 3.29. The van der Waals surface area contributed by atoms with Crippen molar-refractivity contribution < 1.29 is 18.0 Å². The van der Waals surface area contributed by atoms with Crippen LogP contribution in [0.5, 0.6) is 0 Å². The van der Waals surface area contributed by atoms with Crippen LogP contribution in [0.25, 0.3) is 0 Å². The number of anilines is 2. The summed E-state index contributed by atoms with van der Waals surface area (Å²) in [5.74, 6) is -0.983. The van der Waals surface area contributed by atoms with Crippen LogP contribution in [0, 0.1) is 5.92 Å². The molecule has 0 radical (unpaired) electrons. The van der Waals surface area contributed by atoms with Gasteiger partial charge in [-0.15, -0.1) is 0 Å². The molecule has 0 saturated carbocycles. The van der Waals surface area contributed by atoms with Crippen LogP contribution >= 0.6 is 23.2 Å². The number of nitrogens with zero attached hydrogens (tertiary/aromatic N) is 1. The van der Waals surface area contributed by atoms with Crippen LogP contribution in [0.4, 0.5) is 11.4 Å². The molecule has 6 nitrogen and oxygen atoms in total. The van der Waals surface area contributed by atoms with E-state index >= 15 is 0 Å². The highest BCUT2D eigenvalue weighted by Gasteiger charge is 2.40. The summed E-state index contributed by atoms with van der Waals surface area (Å²) in [5, 5.41) is 3.31. The molecule has 0 aromatic heterocycles. The summed E-state index contributed by atoms with van der Waals surface area (Å²) in [5.41, 5.74) is 0.881. The quantitative estimate of drug-likeness (QED) is 0.741. The lowest BCUT2D eigenvalue weighted by Crippen LogP contribution is -2.54. The third-order valence-electron chi connectivity index (χ3n) is 5.02. The lowest BCUT2D eigenvalue weighted by atomic mass is 9.93. The zero-order chi connectivity index (χ0) is 21.5. The Balaban J connectivity index is 2.19. The molecule has 1 aliphatic rings. The summed E-state index contributed by atoms with van der Waals surface area (Å²) in [4.78, 5) is 27.8. The van der Waals surface area contributed by atoms with Gasteiger partial charge in [0, 0.05) is 11.3 Å². The number of carbonyl (C=O) groups excluding carboxylic acids is 2. The van der Waals surface area contributed by atoms with Crippen molar-refractivity contribution in [1.29, 1.82) is 0 Å². The normalized spacial score (nSPS) is 17.5. The number of rotatable bonds is 4. The largest absolute Gasteiger partial charge is 0.322 e. The van der Waals surface area contributed by atoms with Crippen LogP contribution in [0.1, 0.15) is 30.6 Å². The van der Waals surface area contributed by atoms with Gasteiger partial charge in [0.05, 0.1) is 26.9 Å². The highest BCUT2D eigenvalue weighted by Crippen LogP contribution is 2.38. The van der Waals surface area contributed by atoms with E-state index in [-0.39, 0.29) is 33.0 Å². The van der Waals surface area contributed by atoms with E-state index in [2.05, 4.69) is 5.32 Å². The van der Waals surface area contributed by atoms with Gasteiger partial charge in [0.2, 0.25) is 5.91 Å². The van der Waals surface area contributed by atoms with Crippen LogP contribution in [0.3, 0.4) is 0 Å². The number of sulfone groups is 1. The van der Waals surface area contributed by atoms with Crippen LogP contribution in [0.15, 0.2) is 41.3 Å². The summed E-state index contributed by atoms with van der Waals surface area (Å²) in [6.45, 7) is 3.81. The molecule has 2 aromatic carbocycles. The zero-order valence-electron chi connectivity index (χ0n) is 16.1. The number of fused-ring (bicyclic) bond motifs is 1. The molecule has 154 valence electrons. The van der Waals surface area contributed by atoms with Gasteiger partial charge in [0.1, 0.15) is 6.04 Å². The average Bonchev–Trinajstić information content (AvgIpc) is 2.64. The first-order chi connectivity index (χ1) is 13.5. The molecule has 0 fully saturated rings. The van der Waals surface area contributed by atoms with E-state index < -0.39 is 21.8 Å². The van der Waals surface area contributed by atoms with Gasteiger partial charge in [-0.3, -0.25) is 14.5 Å². The first-order valence-corrected chi connectivity index (χ1v) is 11.6. The predicted molar refractivity (Wildman–Crippen MR) is 115 cm³/mol. The van der Waals surface area contributed by atoms with E-state index in [1.165, 1.54) is 35.2 Å². The third kappa shape index (κ3) is 4.13. The van der Waals surface area contributed by atoms with Crippen LogP contribution in [-0.2, 0) is 14.6 Å². The molecule has 1 unspecified atom stereocenters. The average molecular weight is 455 g/mol. The molecule has 2 atom stereocenters. The summed E-state index contributed by atoms with van der Waals surface area (Å²) in [6.07, 6.45) is 1.74. The highest BCUT2D eigenvalue weighted by atomic mass is 35.5. The fourth-order valence-corrected chi connectivity index (χ4v) is 4.43. The summed E-state index contributed by atoms with van der Waals surface area (Å²) >= 11 is 12.2. The molecular formula is C20H20Cl2N2O4S. The Bertz CT molecular complexity index is 1100. The Hall–Kier alpha value is -2.09. The molecule has 3 rings (SSSR count). The van der Waals surface area contributed by atoms with Crippen LogP contribution in [0.2, 0.25) is 10.0 Å². The van der Waals surface area contributed by atoms with Gasteiger partial charge in [-0.2, -0.15) is 0 Å². The summed E-state index contributed by atoms with van der Waals surface area (Å²) in [6, 6.07) is 8.07. The van der Waals surface area contributed by atoms with E-state index in [1.807, 2.05) is 13.8 Å². The van der Waals surface area contributed by atoms with Crippen molar-refractivity contribution in [2.45, 2.75) is 31.2 Å². The molecule has 2 amide bonds. The van der Waals surface area contributed by atoms with Gasteiger partial charge in [0.15, 0.2) is 9.84 Å².